The Morgan fingerprint density at radius 2 is 1.50 bits per heavy atom. The molecule has 3 aromatic heterocycles. The quantitative estimate of drug-likeness (QED) is 0.353. The van der Waals surface area contributed by atoms with E-state index < -0.39 is 28.9 Å². The van der Waals surface area contributed by atoms with Gasteiger partial charge in [0, 0.05) is 36.2 Å². The standard InChI is InChI=1S/C19H12F6S3/c1-9-5-6-12(27-9)14-8-11(16(28-14)13-4-3-7-26-13)15-10(2)17(20,21)19(24,25)18(15,22)23/h3-8H,1-2H3. The zero-order valence-corrected chi connectivity index (χ0v) is 16.9. The van der Waals surface area contributed by atoms with E-state index in [-0.39, 0.29) is 5.56 Å². The number of alkyl halides is 6. The maximum atomic E-state index is 14.6. The van der Waals surface area contributed by atoms with E-state index in [1.54, 1.807) is 23.6 Å². The summed E-state index contributed by atoms with van der Waals surface area (Å²) in [7, 11) is 0. The van der Waals surface area contributed by atoms with E-state index in [9.17, 15) is 26.3 Å². The molecule has 0 bridgehead atoms. The first kappa shape index (κ1) is 19.7. The second kappa shape index (κ2) is 6.21. The molecule has 0 amide bonds. The van der Waals surface area contributed by atoms with Crippen molar-refractivity contribution in [3.05, 3.63) is 51.7 Å². The number of aryl methyl sites for hydroxylation is 1. The number of rotatable bonds is 3. The van der Waals surface area contributed by atoms with Gasteiger partial charge in [-0.2, -0.15) is 26.3 Å². The number of allylic oxidation sites excluding steroid dienone is 2. The Hall–Kier alpha value is -1.58. The molecule has 0 spiro atoms. The lowest BCUT2D eigenvalue weighted by atomic mass is 9.99. The van der Waals surface area contributed by atoms with Crippen molar-refractivity contribution in [2.75, 3.05) is 0 Å². The summed E-state index contributed by atoms with van der Waals surface area (Å²) in [5.74, 6) is -15.4. The van der Waals surface area contributed by atoms with Crippen LogP contribution in [0.4, 0.5) is 26.3 Å². The van der Waals surface area contributed by atoms with Crippen LogP contribution in [0.15, 0.2) is 41.3 Å². The van der Waals surface area contributed by atoms with E-state index in [1.165, 1.54) is 28.7 Å². The summed E-state index contributed by atoms with van der Waals surface area (Å²) in [5, 5.41) is 1.71. The van der Waals surface area contributed by atoms with E-state index in [0.717, 1.165) is 21.1 Å². The number of hydrogen-bond donors (Lipinski definition) is 0. The number of hydrogen-bond acceptors (Lipinski definition) is 3. The Kier molecular flexibility index (Phi) is 4.37. The van der Waals surface area contributed by atoms with Crippen LogP contribution in [0, 0.1) is 6.92 Å². The van der Waals surface area contributed by atoms with E-state index in [0.29, 0.717) is 21.6 Å². The van der Waals surface area contributed by atoms with Gasteiger partial charge in [-0.3, -0.25) is 0 Å². The summed E-state index contributed by atoms with van der Waals surface area (Å²) in [5.41, 5.74) is -2.82. The summed E-state index contributed by atoms with van der Waals surface area (Å²) in [4.78, 5) is 3.19. The monoisotopic (exact) mass is 450 g/mol. The third-order valence-corrected chi connectivity index (χ3v) is 8.06. The first-order valence-corrected chi connectivity index (χ1v) is 10.6. The third-order valence-electron chi connectivity index (χ3n) is 4.68. The molecule has 0 saturated heterocycles. The second-order valence-corrected chi connectivity index (χ2v) is 9.75. The van der Waals surface area contributed by atoms with Crippen molar-refractivity contribution in [2.24, 2.45) is 0 Å². The van der Waals surface area contributed by atoms with Crippen LogP contribution in [0.3, 0.4) is 0 Å². The average molecular weight is 450 g/mol. The molecular weight excluding hydrogens is 438 g/mol. The topological polar surface area (TPSA) is 0 Å². The Labute approximate surface area is 168 Å². The van der Waals surface area contributed by atoms with Crippen molar-refractivity contribution in [3.63, 3.8) is 0 Å². The molecule has 0 unspecified atom stereocenters. The lowest BCUT2D eigenvalue weighted by Crippen LogP contribution is -2.48. The SMILES string of the molecule is CC1=C(c2cc(-c3ccc(C)s3)sc2-c2cccs2)C(F)(F)C(F)(F)C1(F)F. The molecule has 1 aliphatic rings. The van der Waals surface area contributed by atoms with Crippen LogP contribution >= 0.6 is 34.0 Å². The summed E-state index contributed by atoms with van der Waals surface area (Å²) >= 11 is 3.79. The lowest BCUT2D eigenvalue weighted by Gasteiger charge is -2.25. The second-order valence-electron chi connectivity index (χ2n) is 6.46. The van der Waals surface area contributed by atoms with Gasteiger partial charge in [0.2, 0.25) is 0 Å². The minimum Gasteiger partial charge on any atom is -0.194 e. The predicted molar refractivity (Wildman–Crippen MR) is 103 cm³/mol. The van der Waals surface area contributed by atoms with Crippen molar-refractivity contribution >= 4 is 39.6 Å². The summed E-state index contributed by atoms with van der Waals surface area (Å²) in [6, 6.07) is 8.32. The van der Waals surface area contributed by atoms with Gasteiger partial charge in [-0.05, 0) is 43.5 Å². The molecule has 0 fully saturated rings. The molecule has 0 nitrogen and oxygen atoms in total. The van der Waals surface area contributed by atoms with Crippen LogP contribution in [-0.4, -0.2) is 17.8 Å². The molecule has 0 aromatic carbocycles. The molecule has 3 aromatic rings. The van der Waals surface area contributed by atoms with Crippen molar-refractivity contribution in [3.8, 4) is 19.5 Å². The minimum atomic E-state index is -5.48. The molecule has 148 valence electrons. The van der Waals surface area contributed by atoms with Crippen molar-refractivity contribution in [2.45, 2.75) is 31.6 Å². The highest BCUT2D eigenvalue weighted by atomic mass is 32.1. The highest BCUT2D eigenvalue weighted by Gasteiger charge is 2.79. The maximum absolute atomic E-state index is 14.6. The first-order valence-electron chi connectivity index (χ1n) is 8.08. The molecule has 3 heterocycles. The largest absolute Gasteiger partial charge is 0.380 e. The van der Waals surface area contributed by atoms with Crippen LogP contribution in [-0.2, 0) is 0 Å². The van der Waals surface area contributed by atoms with E-state index in [4.69, 9.17) is 0 Å². The fourth-order valence-corrected chi connectivity index (χ4v) is 6.19. The molecule has 1 aliphatic carbocycles. The molecule has 0 saturated carbocycles. The van der Waals surface area contributed by atoms with Crippen LogP contribution in [0.1, 0.15) is 17.4 Å². The van der Waals surface area contributed by atoms with Crippen molar-refractivity contribution in [1.82, 2.24) is 0 Å². The smallest absolute Gasteiger partial charge is 0.194 e. The van der Waals surface area contributed by atoms with Crippen LogP contribution in [0.5, 0.6) is 0 Å². The Morgan fingerprint density at radius 1 is 0.786 bits per heavy atom. The van der Waals surface area contributed by atoms with Gasteiger partial charge < -0.3 is 0 Å². The molecule has 0 radical (unpaired) electrons. The predicted octanol–water partition coefficient (Wildman–Crippen LogP) is 8.21. The molecule has 4 rings (SSSR count). The number of thiophene rings is 3. The average Bonchev–Trinajstić information content (AvgIpc) is 3.34. The van der Waals surface area contributed by atoms with Gasteiger partial charge in [0.25, 0.3) is 0 Å². The summed E-state index contributed by atoms with van der Waals surface area (Å²) in [6.45, 7) is 2.54. The fraction of sp³-hybridized carbons (Fsp3) is 0.263. The van der Waals surface area contributed by atoms with Gasteiger partial charge in [-0.1, -0.05) is 6.07 Å². The van der Waals surface area contributed by atoms with Gasteiger partial charge in [-0.25, -0.2) is 0 Å². The van der Waals surface area contributed by atoms with Crippen LogP contribution < -0.4 is 0 Å². The fourth-order valence-electron chi connectivity index (χ4n) is 3.21. The van der Waals surface area contributed by atoms with Gasteiger partial charge in [0.1, 0.15) is 0 Å². The van der Waals surface area contributed by atoms with Crippen molar-refractivity contribution < 1.29 is 26.3 Å². The third kappa shape index (κ3) is 2.55. The zero-order chi connectivity index (χ0) is 20.5. The Balaban J connectivity index is 1.99. The van der Waals surface area contributed by atoms with Crippen LogP contribution in [0.2, 0.25) is 0 Å². The van der Waals surface area contributed by atoms with Gasteiger partial charge in [-0.15, -0.1) is 34.0 Å². The molecule has 28 heavy (non-hydrogen) atoms. The van der Waals surface area contributed by atoms with E-state index in [1.807, 2.05) is 13.0 Å². The normalized spacial score (nSPS) is 20.1. The maximum Gasteiger partial charge on any atom is 0.380 e. The molecule has 0 aliphatic heterocycles. The number of halogens is 6. The van der Waals surface area contributed by atoms with E-state index in [2.05, 4.69) is 0 Å². The molecule has 9 heteroatoms. The Bertz CT molecular complexity index is 1070. The highest BCUT2D eigenvalue weighted by Crippen LogP contribution is 2.63. The molecule has 0 atom stereocenters. The van der Waals surface area contributed by atoms with Crippen molar-refractivity contribution in [1.29, 1.82) is 0 Å². The van der Waals surface area contributed by atoms with E-state index >= 15 is 0 Å². The summed E-state index contributed by atoms with van der Waals surface area (Å²) < 4.78 is 85.2. The van der Waals surface area contributed by atoms with Gasteiger partial charge in [0.15, 0.2) is 0 Å². The van der Waals surface area contributed by atoms with Gasteiger partial charge >= 0.3 is 17.8 Å². The Morgan fingerprint density at radius 3 is 2.00 bits per heavy atom. The molecule has 0 N–H and O–H groups in total. The first-order chi connectivity index (χ1) is 13.0. The highest BCUT2D eigenvalue weighted by molar-refractivity contribution is 7.26. The zero-order valence-electron chi connectivity index (χ0n) is 14.5. The summed E-state index contributed by atoms with van der Waals surface area (Å²) in [6.07, 6.45) is 0. The lowest BCUT2D eigenvalue weighted by molar-refractivity contribution is -0.259. The van der Waals surface area contributed by atoms with Crippen LogP contribution in [0.25, 0.3) is 25.1 Å². The minimum absolute atomic E-state index is 0.257. The molecular formula is C19H12F6S3. The van der Waals surface area contributed by atoms with Gasteiger partial charge in [0.05, 0.1) is 4.88 Å².